The van der Waals surface area contributed by atoms with Gasteiger partial charge in [-0.3, -0.25) is 0 Å². The summed E-state index contributed by atoms with van der Waals surface area (Å²) >= 11 is 3.03. The van der Waals surface area contributed by atoms with Crippen molar-refractivity contribution in [1.82, 2.24) is 9.97 Å². The molecule has 0 atom stereocenters. The van der Waals surface area contributed by atoms with Gasteiger partial charge in [-0.2, -0.15) is 26.3 Å². The van der Waals surface area contributed by atoms with Crippen molar-refractivity contribution in [3.8, 4) is 0 Å². The zero-order valence-electron chi connectivity index (χ0n) is 11.7. The van der Waals surface area contributed by atoms with Gasteiger partial charge in [0.25, 0.3) is 0 Å². The third-order valence-corrected chi connectivity index (χ3v) is 2.99. The normalized spacial score (nSPS) is 11.7. The quantitative estimate of drug-likeness (QED) is 0.472. The van der Waals surface area contributed by atoms with E-state index in [4.69, 9.17) is 0 Å². The molecule has 9 heteroatoms. The summed E-state index contributed by atoms with van der Waals surface area (Å²) in [5.74, 6) is 0. The molecule has 0 N–H and O–H groups in total. The fourth-order valence-corrected chi connectivity index (χ4v) is 1.73. The molecule has 126 valence electrons. The number of halogens is 7. The second-order valence-corrected chi connectivity index (χ2v) is 4.87. The number of pyridine rings is 2. The van der Waals surface area contributed by atoms with Gasteiger partial charge in [-0.25, -0.2) is 9.97 Å². The van der Waals surface area contributed by atoms with E-state index in [2.05, 4.69) is 25.9 Å². The first kappa shape index (κ1) is 19.4. The van der Waals surface area contributed by atoms with Crippen molar-refractivity contribution >= 4 is 15.9 Å². The average Bonchev–Trinajstić information content (AvgIpc) is 2.46. The molecule has 2 nitrogen and oxygen atoms in total. The highest BCUT2D eigenvalue weighted by Gasteiger charge is 2.32. The van der Waals surface area contributed by atoms with Crippen LogP contribution in [0.15, 0.2) is 36.4 Å². The van der Waals surface area contributed by atoms with E-state index in [0.29, 0.717) is 16.7 Å². The van der Waals surface area contributed by atoms with E-state index in [9.17, 15) is 26.3 Å². The molecule has 2 aromatic heterocycles. The molecule has 2 heterocycles. The van der Waals surface area contributed by atoms with Crippen molar-refractivity contribution < 1.29 is 26.3 Å². The molecule has 0 bridgehead atoms. The van der Waals surface area contributed by atoms with Gasteiger partial charge < -0.3 is 0 Å². The van der Waals surface area contributed by atoms with Crippen LogP contribution < -0.4 is 0 Å². The molecule has 0 saturated heterocycles. The molecule has 0 aliphatic carbocycles. The molecule has 0 amide bonds. The van der Waals surface area contributed by atoms with Crippen LogP contribution in [0.1, 0.15) is 22.8 Å². The predicted octanol–water partition coefficient (Wildman–Crippen LogP) is 5.40. The van der Waals surface area contributed by atoms with Crippen molar-refractivity contribution in [3.63, 3.8) is 0 Å². The molecule has 2 aromatic rings. The van der Waals surface area contributed by atoms with Crippen LogP contribution in [0, 0.1) is 6.92 Å². The molecule has 0 radical (unpaired) electrons. The molecular weight excluding hydrogens is 390 g/mol. The predicted molar refractivity (Wildman–Crippen MR) is 75.8 cm³/mol. The highest BCUT2D eigenvalue weighted by Crippen LogP contribution is 2.28. The maximum atomic E-state index is 12.0. The van der Waals surface area contributed by atoms with Crippen molar-refractivity contribution in [3.05, 3.63) is 59.2 Å². The largest absolute Gasteiger partial charge is 0.433 e. The highest BCUT2D eigenvalue weighted by molar-refractivity contribution is 9.08. The first-order chi connectivity index (χ1) is 10.5. The Bertz CT molecular complexity index is 640. The lowest BCUT2D eigenvalue weighted by Crippen LogP contribution is -2.08. The minimum Gasteiger partial charge on any atom is -0.249 e. The second-order valence-electron chi connectivity index (χ2n) is 4.31. The summed E-state index contributed by atoms with van der Waals surface area (Å²) in [5, 5.41) is 0.330. The summed E-state index contributed by atoms with van der Waals surface area (Å²) in [6.07, 6.45) is -8.68. The summed E-state index contributed by atoms with van der Waals surface area (Å²) in [7, 11) is 0. The number of hydrogen-bond acceptors (Lipinski definition) is 2. The number of rotatable bonds is 1. The molecule has 0 spiro atoms. The summed E-state index contributed by atoms with van der Waals surface area (Å²) < 4.78 is 71.8. The van der Waals surface area contributed by atoms with Crippen molar-refractivity contribution in [2.24, 2.45) is 0 Å². The number of nitrogens with zero attached hydrogens (tertiary/aromatic N) is 2. The summed E-state index contributed by atoms with van der Waals surface area (Å²) in [6.45, 7) is 1.52. The zero-order valence-corrected chi connectivity index (χ0v) is 13.3. The van der Waals surface area contributed by atoms with Gasteiger partial charge in [0.05, 0.1) is 5.69 Å². The Morgan fingerprint density at radius 1 is 0.826 bits per heavy atom. The maximum absolute atomic E-state index is 12.0. The minimum atomic E-state index is -4.35. The molecule has 0 unspecified atom stereocenters. The monoisotopic (exact) mass is 400 g/mol. The van der Waals surface area contributed by atoms with Crippen LogP contribution in [0.2, 0.25) is 0 Å². The van der Waals surface area contributed by atoms with Gasteiger partial charge in [0.2, 0.25) is 0 Å². The summed E-state index contributed by atoms with van der Waals surface area (Å²) in [6, 6.07) is 7.63. The molecular formula is C14H11BrF6N2. The van der Waals surface area contributed by atoms with E-state index < -0.39 is 23.7 Å². The van der Waals surface area contributed by atoms with Gasteiger partial charge in [0.1, 0.15) is 11.4 Å². The van der Waals surface area contributed by atoms with E-state index >= 15 is 0 Å². The maximum Gasteiger partial charge on any atom is 0.433 e. The van der Waals surface area contributed by atoms with Crippen molar-refractivity contribution in [1.29, 1.82) is 0 Å². The molecule has 0 aromatic carbocycles. The van der Waals surface area contributed by atoms with Crippen molar-refractivity contribution in [2.75, 3.05) is 0 Å². The van der Waals surface area contributed by atoms with Gasteiger partial charge in [0.15, 0.2) is 0 Å². The van der Waals surface area contributed by atoms with Gasteiger partial charge >= 0.3 is 12.4 Å². The highest BCUT2D eigenvalue weighted by atomic mass is 79.9. The Balaban J connectivity index is 0.000000231. The van der Waals surface area contributed by atoms with Gasteiger partial charge in [-0.15, -0.1) is 0 Å². The van der Waals surface area contributed by atoms with Gasteiger partial charge in [-0.1, -0.05) is 28.1 Å². The van der Waals surface area contributed by atoms with Crippen LogP contribution in [-0.2, 0) is 17.7 Å². The fraction of sp³-hybridized carbons (Fsp3) is 0.286. The lowest BCUT2D eigenvalue weighted by atomic mass is 10.3. The average molecular weight is 401 g/mol. The molecule has 0 saturated carbocycles. The van der Waals surface area contributed by atoms with Gasteiger partial charge in [-0.05, 0) is 31.2 Å². The second kappa shape index (κ2) is 7.76. The number of aromatic nitrogens is 2. The molecule has 2 rings (SSSR count). The lowest BCUT2D eigenvalue weighted by molar-refractivity contribution is -0.142. The van der Waals surface area contributed by atoms with Crippen LogP contribution in [0.3, 0.4) is 0 Å². The lowest BCUT2D eigenvalue weighted by Gasteiger charge is -2.05. The van der Waals surface area contributed by atoms with E-state index in [0.717, 1.165) is 12.1 Å². The Morgan fingerprint density at radius 3 is 1.70 bits per heavy atom. The van der Waals surface area contributed by atoms with Crippen LogP contribution in [0.5, 0.6) is 0 Å². The standard InChI is InChI=1S/C7H5BrF3N.C7H6F3N/c8-4-5-2-1-3-6(12-5)7(9,10)11;1-5-3-2-4-6(11-5)7(8,9)10/h1-3H,4H2;2-4H,1H3. The van der Waals surface area contributed by atoms with Crippen LogP contribution in [0.25, 0.3) is 0 Å². The first-order valence-electron chi connectivity index (χ1n) is 6.14. The Kier molecular flexibility index (Phi) is 6.55. The molecule has 0 fully saturated rings. The number of aryl methyl sites for hydroxylation is 1. The molecule has 0 aliphatic rings. The smallest absolute Gasteiger partial charge is 0.249 e. The zero-order chi connectivity index (χ0) is 17.7. The first-order valence-corrected chi connectivity index (χ1v) is 7.26. The SMILES string of the molecule is Cc1cccc(C(F)(F)F)n1.FC(F)(F)c1cccc(CBr)n1. The topological polar surface area (TPSA) is 25.8 Å². The van der Waals surface area contributed by atoms with Crippen molar-refractivity contribution in [2.45, 2.75) is 24.6 Å². The molecule has 0 aliphatic heterocycles. The van der Waals surface area contributed by atoms with Crippen LogP contribution in [0.4, 0.5) is 26.3 Å². The fourth-order valence-electron chi connectivity index (χ4n) is 1.41. The Hall–Kier alpha value is -1.64. The van der Waals surface area contributed by atoms with Crippen LogP contribution >= 0.6 is 15.9 Å². The summed E-state index contributed by atoms with van der Waals surface area (Å²) in [5.41, 5.74) is -0.929. The van der Waals surface area contributed by atoms with E-state index in [1.807, 2.05) is 0 Å². The van der Waals surface area contributed by atoms with E-state index in [1.54, 1.807) is 0 Å². The van der Waals surface area contributed by atoms with E-state index in [-0.39, 0.29) is 0 Å². The number of alkyl halides is 7. The third-order valence-electron chi connectivity index (χ3n) is 2.41. The Morgan fingerprint density at radius 2 is 1.30 bits per heavy atom. The summed E-state index contributed by atoms with van der Waals surface area (Å²) in [4.78, 5) is 6.71. The molecule has 23 heavy (non-hydrogen) atoms. The third kappa shape index (κ3) is 6.55. The van der Waals surface area contributed by atoms with E-state index in [1.165, 1.54) is 31.2 Å². The minimum absolute atomic E-state index is 0.330. The van der Waals surface area contributed by atoms with Crippen LogP contribution in [-0.4, -0.2) is 9.97 Å². The van der Waals surface area contributed by atoms with Gasteiger partial charge in [0, 0.05) is 11.0 Å². The number of hydrogen-bond donors (Lipinski definition) is 0. The Labute approximate surface area is 136 Å².